The number of furan rings is 1. The largest absolute Gasteiger partial charge is 0.468 e. The van der Waals surface area contributed by atoms with Gasteiger partial charge in [-0.2, -0.15) is 17.7 Å². The number of benzene rings is 3. The van der Waals surface area contributed by atoms with E-state index in [1.807, 2.05) is 19.1 Å². The van der Waals surface area contributed by atoms with Crippen LogP contribution in [0.5, 0.6) is 0 Å². The lowest BCUT2D eigenvalue weighted by Crippen LogP contribution is -2.22. The first kappa shape index (κ1) is 25.2. The highest BCUT2D eigenvalue weighted by molar-refractivity contribution is 7.81. The molecule has 0 aliphatic carbocycles. The monoisotopic (exact) mass is 521 g/mol. The molecular weight excluding hydrogens is 501 g/mol. The van der Waals surface area contributed by atoms with Crippen molar-refractivity contribution in [2.75, 3.05) is 5.32 Å². The summed E-state index contributed by atoms with van der Waals surface area (Å²) in [6, 6.07) is 20.8. The topological polar surface area (TPSA) is 83.7 Å². The summed E-state index contributed by atoms with van der Waals surface area (Å²) < 4.78 is 18.1. The molecule has 4 aromatic rings. The standard InChI is InChI=1S/C27H21ClFN3O3S/c1-27(36,24-9-4-12-35-24)19-7-3-6-18(14-19)25(33)31-23-11-10-20(28)15-22(23)26(34)32-30-16-17-5-2-8-21(29)13-17/h2-16,36H,1H3,(H,31,33)(H,32,34)/b30-16+. The highest BCUT2D eigenvalue weighted by atomic mass is 35.5. The van der Waals surface area contributed by atoms with Gasteiger partial charge in [0.1, 0.15) is 11.6 Å². The van der Waals surface area contributed by atoms with Crippen LogP contribution in [0.3, 0.4) is 0 Å². The summed E-state index contributed by atoms with van der Waals surface area (Å²) in [6.07, 6.45) is 2.87. The highest BCUT2D eigenvalue weighted by Gasteiger charge is 2.28. The number of carbonyl (C=O) groups is 2. The minimum Gasteiger partial charge on any atom is -0.468 e. The molecule has 0 radical (unpaired) electrons. The number of anilines is 1. The number of hydrazone groups is 1. The van der Waals surface area contributed by atoms with Crippen LogP contribution in [0.25, 0.3) is 0 Å². The molecule has 0 bridgehead atoms. The van der Waals surface area contributed by atoms with E-state index in [1.54, 1.807) is 42.7 Å². The fraction of sp³-hybridized carbons (Fsp3) is 0.0741. The number of carbonyl (C=O) groups excluding carboxylic acids is 2. The number of hydrogen-bond acceptors (Lipinski definition) is 5. The van der Waals surface area contributed by atoms with Gasteiger partial charge in [0, 0.05) is 10.6 Å². The van der Waals surface area contributed by atoms with E-state index in [4.69, 9.17) is 28.6 Å². The van der Waals surface area contributed by atoms with Crippen molar-refractivity contribution in [1.29, 1.82) is 0 Å². The van der Waals surface area contributed by atoms with Crippen LogP contribution in [0.2, 0.25) is 5.02 Å². The summed E-state index contributed by atoms with van der Waals surface area (Å²) in [5.74, 6) is -0.814. The van der Waals surface area contributed by atoms with Gasteiger partial charge in [0.25, 0.3) is 11.8 Å². The maximum Gasteiger partial charge on any atom is 0.273 e. The maximum absolute atomic E-state index is 13.3. The van der Waals surface area contributed by atoms with Crippen molar-refractivity contribution in [3.05, 3.63) is 124 Å². The predicted octanol–water partition coefficient (Wildman–Crippen LogP) is 6.28. The summed E-state index contributed by atoms with van der Waals surface area (Å²) in [4.78, 5) is 25.9. The summed E-state index contributed by atoms with van der Waals surface area (Å²) in [5.41, 5.74) is 4.32. The lowest BCUT2D eigenvalue weighted by Gasteiger charge is -2.22. The molecule has 0 saturated carbocycles. The SMILES string of the molecule is CC(S)(c1cccc(C(=O)Nc2ccc(Cl)cc2C(=O)N/N=C/c2cccc(F)c2)c1)c1ccco1. The molecule has 0 aliphatic heterocycles. The molecule has 3 aromatic carbocycles. The molecule has 0 aliphatic rings. The van der Waals surface area contributed by atoms with Crippen molar-refractivity contribution in [3.63, 3.8) is 0 Å². The summed E-state index contributed by atoms with van der Waals surface area (Å²) in [7, 11) is 0. The zero-order valence-corrected chi connectivity index (χ0v) is 20.7. The molecule has 0 fully saturated rings. The first-order chi connectivity index (χ1) is 17.2. The number of nitrogens with zero attached hydrogens (tertiary/aromatic N) is 1. The Morgan fingerprint density at radius 1 is 1.03 bits per heavy atom. The Bertz CT molecular complexity index is 1440. The Labute approximate surface area is 217 Å². The van der Waals surface area contributed by atoms with Crippen LogP contribution in [-0.2, 0) is 4.75 Å². The second-order valence-corrected chi connectivity index (χ2v) is 9.36. The number of amides is 2. The van der Waals surface area contributed by atoms with E-state index < -0.39 is 22.4 Å². The normalized spacial score (nSPS) is 12.8. The third-order valence-electron chi connectivity index (χ3n) is 5.39. The molecule has 0 saturated heterocycles. The van der Waals surface area contributed by atoms with Gasteiger partial charge in [-0.3, -0.25) is 9.59 Å². The molecule has 1 atom stereocenters. The van der Waals surface area contributed by atoms with Gasteiger partial charge in [0.15, 0.2) is 0 Å². The van der Waals surface area contributed by atoms with Crippen LogP contribution in [0.1, 0.15) is 44.5 Å². The van der Waals surface area contributed by atoms with E-state index in [1.165, 1.54) is 36.5 Å². The summed E-state index contributed by atoms with van der Waals surface area (Å²) in [6.45, 7) is 1.87. The van der Waals surface area contributed by atoms with Gasteiger partial charge in [-0.25, -0.2) is 9.82 Å². The lowest BCUT2D eigenvalue weighted by molar-refractivity contribution is 0.0956. The average Bonchev–Trinajstić information content (AvgIpc) is 3.41. The predicted molar refractivity (Wildman–Crippen MR) is 141 cm³/mol. The number of thiol groups is 1. The Kier molecular flexibility index (Phi) is 7.57. The van der Waals surface area contributed by atoms with E-state index >= 15 is 0 Å². The average molecular weight is 522 g/mol. The molecule has 1 heterocycles. The van der Waals surface area contributed by atoms with E-state index in [-0.39, 0.29) is 11.3 Å². The third kappa shape index (κ3) is 5.84. The zero-order valence-electron chi connectivity index (χ0n) is 19.0. The number of halogens is 2. The molecule has 4 rings (SSSR count). The van der Waals surface area contributed by atoms with E-state index in [0.717, 1.165) is 5.56 Å². The van der Waals surface area contributed by atoms with Crippen molar-refractivity contribution in [2.45, 2.75) is 11.7 Å². The highest BCUT2D eigenvalue weighted by Crippen LogP contribution is 2.36. The van der Waals surface area contributed by atoms with Gasteiger partial charge in [-0.05, 0) is 72.6 Å². The Morgan fingerprint density at radius 2 is 1.83 bits per heavy atom. The van der Waals surface area contributed by atoms with Crippen molar-refractivity contribution in [3.8, 4) is 0 Å². The van der Waals surface area contributed by atoms with E-state index in [0.29, 0.717) is 21.9 Å². The van der Waals surface area contributed by atoms with Crippen LogP contribution in [0.15, 0.2) is 94.6 Å². The van der Waals surface area contributed by atoms with Gasteiger partial charge in [0.2, 0.25) is 0 Å². The van der Waals surface area contributed by atoms with Crippen molar-refractivity contribution in [1.82, 2.24) is 5.43 Å². The van der Waals surface area contributed by atoms with E-state index in [2.05, 4.69) is 15.8 Å². The second kappa shape index (κ2) is 10.8. The van der Waals surface area contributed by atoms with Crippen LogP contribution in [-0.4, -0.2) is 18.0 Å². The van der Waals surface area contributed by atoms with Gasteiger partial charge in [-0.1, -0.05) is 35.9 Å². The van der Waals surface area contributed by atoms with Crippen molar-refractivity contribution in [2.24, 2.45) is 5.10 Å². The molecule has 182 valence electrons. The quantitative estimate of drug-likeness (QED) is 0.152. The molecule has 1 unspecified atom stereocenters. The van der Waals surface area contributed by atoms with Crippen LogP contribution >= 0.6 is 24.2 Å². The van der Waals surface area contributed by atoms with Gasteiger partial charge in [-0.15, -0.1) is 0 Å². The van der Waals surface area contributed by atoms with Crippen LogP contribution in [0, 0.1) is 5.82 Å². The summed E-state index contributed by atoms with van der Waals surface area (Å²) in [5, 5.41) is 6.93. The van der Waals surface area contributed by atoms with Gasteiger partial charge >= 0.3 is 0 Å². The Hall–Kier alpha value is -3.88. The molecular formula is C27H21ClFN3O3S. The fourth-order valence-corrected chi connectivity index (χ4v) is 3.92. The number of hydrogen-bond donors (Lipinski definition) is 3. The van der Waals surface area contributed by atoms with Crippen molar-refractivity contribution < 1.29 is 18.4 Å². The van der Waals surface area contributed by atoms with Gasteiger partial charge in [0.05, 0.1) is 28.5 Å². The maximum atomic E-state index is 13.3. The number of nitrogens with one attached hydrogen (secondary N) is 2. The second-order valence-electron chi connectivity index (χ2n) is 8.03. The Morgan fingerprint density at radius 3 is 2.58 bits per heavy atom. The molecule has 6 nitrogen and oxygen atoms in total. The third-order valence-corrected chi connectivity index (χ3v) is 6.10. The zero-order chi connectivity index (χ0) is 25.7. The first-order valence-electron chi connectivity index (χ1n) is 10.8. The van der Waals surface area contributed by atoms with E-state index in [9.17, 15) is 14.0 Å². The molecule has 2 N–H and O–H groups in total. The van der Waals surface area contributed by atoms with Crippen LogP contribution < -0.4 is 10.7 Å². The smallest absolute Gasteiger partial charge is 0.273 e. The molecule has 2 amide bonds. The first-order valence-corrected chi connectivity index (χ1v) is 11.6. The molecule has 1 aromatic heterocycles. The number of rotatable bonds is 7. The molecule has 36 heavy (non-hydrogen) atoms. The Balaban J connectivity index is 1.53. The molecule has 0 spiro atoms. The van der Waals surface area contributed by atoms with Gasteiger partial charge < -0.3 is 9.73 Å². The molecule has 9 heteroatoms. The van der Waals surface area contributed by atoms with Crippen LogP contribution in [0.4, 0.5) is 10.1 Å². The minimum atomic E-state index is -0.759. The fourth-order valence-electron chi connectivity index (χ4n) is 3.48. The summed E-state index contributed by atoms with van der Waals surface area (Å²) >= 11 is 10.8. The van der Waals surface area contributed by atoms with Crippen molar-refractivity contribution >= 4 is 47.9 Å². The lowest BCUT2D eigenvalue weighted by atomic mass is 9.95. The minimum absolute atomic E-state index is 0.109.